The van der Waals surface area contributed by atoms with E-state index in [2.05, 4.69) is 36.3 Å². The van der Waals surface area contributed by atoms with E-state index in [1.165, 1.54) is 18.4 Å². The van der Waals surface area contributed by atoms with Gasteiger partial charge in [-0.25, -0.2) is 0 Å². The first kappa shape index (κ1) is 10.6. The lowest BCUT2D eigenvalue weighted by molar-refractivity contribution is 0.414. The zero-order valence-electron chi connectivity index (χ0n) is 9.61. The fourth-order valence-corrected chi connectivity index (χ4v) is 2.10. The third-order valence-corrected chi connectivity index (χ3v) is 3.31. The van der Waals surface area contributed by atoms with Crippen LogP contribution in [0.2, 0.25) is 0 Å². The summed E-state index contributed by atoms with van der Waals surface area (Å²) < 4.78 is 0. The average Bonchev–Trinajstić information content (AvgIpc) is 3.10. The van der Waals surface area contributed by atoms with Crippen molar-refractivity contribution in [2.45, 2.75) is 45.2 Å². The minimum atomic E-state index is 0.489. The molecule has 1 aromatic rings. The van der Waals surface area contributed by atoms with Gasteiger partial charge < -0.3 is 5.32 Å². The molecule has 0 aromatic carbocycles. The van der Waals surface area contributed by atoms with Crippen molar-refractivity contribution in [2.75, 3.05) is 0 Å². The van der Waals surface area contributed by atoms with Crippen LogP contribution in [-0.2, 0) is 0 Å². The van der Waals surface area contributed by atoms with Crippen molar-refractivity contribution in [1.29, 1.82) is 0 Å². The van der Waals surface area contributed by atoms with E-state index < -0.39 is 0 Å². The summed E-state index contributed by atoms with van der Waals surface area (Å²) in [6.07, 6.45) is 7.70. The molecule has 2 heteroatoms. The van der Waals surface area contributed by atoms with Gasteiger partial charge in [-0.2, -0.15) is 0 Å². The number of hydrogen-bond donors (Lipinski definition) is 1. The van der Waals surface area contributed by atoms with Gasteiger partial charge >= 0.3 is 0 Å². The fourth-order valence-electron chi connectivity index (χ4n) is 2.10. The maximum Gasteiger partial charge on any atom is 0.0321 e. The summed E-state index contributed by atoms with van der Waals surface area (Å²) in [7, 11) is 0. The van der Waals surface area contributed by atoms with E-state index >= 15 is 0 Å². The van der Waals surface area contributed by atoms with Crippen LogP contribution in [0.3, 0.4) is 0 Å². The van der Waals surface area contributed by atoms with Crippen molar-refractivity contribution in [2.24, 2.45) is 5.92 Å². The molecular weight excluding hydrogens is 184 g/mol. The first-order valence-electron chi connectivity index (χ1n) is 5.97. The third-order valence-electron chi connectivity index (χ3n) is 3.31. The van der Waals surface area contributed by atoms with E-state index in [0.29, 0.717) is 12.1 Å². The van der Waals surface area contributed by atoms with E-state index in [1.54, 1.807) is 0 Å². The lowest BCUT2D eigenvalue weighted by atomic mass is 10.0. The summed E-state index contributed by atoms with van der Waals surface area (Å²) in [6.45, 7) is 4.54. The Morgan fingerprint density at radius 2 is 2.07 bits per heavy atom. The molecule has 2 rings (SSSR count). The molecule has 1 N–H and O–H groups in total. The molecule has 1 heterocycles. The predicted molar refractivity (Wildman–Crippen MR) is 62.6 cm³/mol. The average molecular weight is 204 g/mol. The quantitative estimate of drug-likeness (QED) is 0.797. The van der Waals surface area contributed by atoms with Crippen LogP contribution in [-0.4, -0.2) is 11.0 Å². The van der Waals surface area contributed by atoms with Crippen LogP contribution in [0.1, 0.15) is 44.7 Å². The van der Waals surface area contributed by atoms with Crippen molar-refractivity contribution in [3.05, 3.63) is 30.1 Å². The van der Waals surface area contributed by atoms with E-state index in [4.69, 9.17) is 0 Å². The molecule has 0 aliphatic heterocycles. The summed E-state index contributed by atoms with van der Waals surface area (Å²) in [5.74, 6) is 0.917. The summed E-state index contributed by atoms with van der Waals surface area (Å²) in [5, 5.41) is 3.72. The van der Waals surface area contributed by atoms with Gasteiger partial charge in [0.05, 0.1) is 0 Å². The molecule has 1 saturated carbocycles. The molecule has 0 bridgehead atoms. The number of nitrogens with zero attached hydrogens (tertiary/aromatic N) is 1. The second kappa shape index (κ2) is 4.75. The Balaban J connectivity index is 1.97. The Kier molecular flexibility index (Phi) is 3.37. The molecule has 0 radical (unpaired) electrons. The number of aromatic nitrogens is 1. The van der Waals surface area contributed by atoms with Crippen LogP contribution in [0.4, 0.5) is 0 Å². The van der Waals surface area contributed by atoms with Crippen molar-refractivity contribution in [3.8, 4) is 0 Å². The SMILES string of the molecule is CCC(NC(C)C1CC1)c1ccncc1. The van der Waals surface area contributed by atoms with Crippen molar-refractivity contribution >= 4 is 0 Å². The van der Waals surface area contributed by atoms with Gasteiger partial charge in [0.25, 0.3) is 0 Å². The Hall–Kier alpha value is -0.890. The van der Waals surface area contributed by atoms with Gasteiger partial charge in [-0.1, -0.05) is 6.92 Å². The van der Waals surface area contributed by atoms with Crippen LogP contribution in [0.25, 0.3) is 0 Å². The van der Waals surface area contributed by atoms with Gasteiger partial charge in [-0.05, 0) is 49.8 Å². The highest BCUT2D eigenvalue weighted by Crippen LogP contribution is 2.33. The fraction of sp³-hybridized carbons (Fsp3) is 0.615. The Labute approximate surface area is 92.1 Å². The van der Waals surface area contributed by atoms with Crippen LogP contribution in [0.15, 0.2) is 24.5 Å². The van der Waals surface area contributed by atoms with E-state index in [1.807, 2.05) is 12.4 Å². The lowest BCUT2D eigenvalue weighted by Crippen LogP contribution is -2.31. The number of hydrogen-bond acceptors (Lipinski definition) is 2. The molecule has 1 aliphatic carbocycles. The third kappa shape index (κ3) is 2.78. The van der Waals surface area contributed by atoms with E-state index in [9.17, 15) is 0 Å². The van der Waals surface area contributed by atoms with Gasteiger partial charge in [0.2, 0.25) is 0 Å². The smallest absolute Gasteiger partial charge is 0.0321 e. The van der Waals surface area contributed by atoms with Crippen molar-refractivity contribution < 1.29 is 0 Å². The predicted octanol–water partition coefficient (Wildman–Crippen LogP) is 2.92. The molecule has 0 spiro atoms. The number of pyridine rings is 1. The molecule has 1 aromatic heterocycles. The summed E-state index contributed by atoms with van der Waals surface area (Å²) in [4.78, 5) is 4.06. The summed E-state index contributed by atoms with van der Waals surface area (Å²) >= 11 is 0. The van der Waals surface area contributed by atoms with Gasteiger partial charge in [0.1, 0.15) is 0 Å². The first-order chi connectivity index (χ1) is 7.31. The molecule has 2 atom stereocenters. The lowest BCUT2D eigenvalue weighted by Gasteiger charge is -2.22. The largest absolute Gasteiger partial charge is 0.307 e. The molecule has 82 valence electrons. The normalized spacial score (nSPS) is 19.9. The van der Waals surface area contributed by atoms with E-state index in [-0.39, 0.29) is 0 Å². The molecule has 1 fully saturated rings. The first-order valence-corrected chi connectivity index (χ1v) is 5.97. The van der Waals surface area contributed by atoms with Gasteiger partial charge in [0, 0.05) is 24.5 Å². The zero-order chi connectivity index (χ0) is 10.7. The molecule has 1 aliphatic rings. The molecule has 2 unspecified atom stereocenters. The topological polar surface area (TPSA) is 24.9 Å². The molecule has 2 nitrogen and oxygen atoms in total. The Morgan fingerprint density at radius 3 is 2.60 bits per heavy atom. The Morgan fingerprint density at radius 1 is 1.40 bits per heavy atom. The maximum absolute atomic E-state index is 4.06. The summed E-state index contributed by atoms with van der Waals surface area (Å²) in [5.41, 5.74) is 1.36. The monoisotopic (exact) mass is 204 g/mol. The van der Waals surface area contributed by atoms with E-state index in [0.717, 1.165) is 12.3 Å². The summed E-state index contributed by atoms with van der Waals surface area (Å²) in [6, 6.07) is 5.37. The zero-order valence-corrected chi connectivity index (χ0v) is 9.61. The van der Waals surface area contributed by atoms with Crippen LogP contribution >= 0.6 is 0 Å². The highest BCUT2D eigenvalue weighted by atomic mass is 15.0. The minimum Gasteiger partial charge on any atom is -0.307 e. The van der Waals surface area contributed by atoms with Crippen LogP contribution in [0.5, 0.6) is 0 Å². The molecule has 0 amide bonds. The highest BCUT2D eigenvalue weighted by molar-refractivity contribution is 5.15. The standard InChI is InChI=1S/C13H20N2/c1-3-13(12-6-8-14-9-7-12)15-10(2)11-4-5-11/h6-11,13,15H,3-5H2,1-2H3. The Bertz CT molecular complexity index is 293. The van der Waals surface area contributed by atoms with Gasteiger partial charge in [-0.15, -0.1) is 0 Å². The maximum atomic E-state index is 4.06. The number of rotatable bonds is 5. The van der Waals surface area contributed by atoms with Crippen LogP contribution in [0, 0.1) is 5.92 Å². The second-order valence-corrected chi connectivity index (χ2v) is 4.53. The van der Waals surface area contributed by atoms with Crippen molar-refractivity contribution in [3.63, 3.8) is 0 Å². The molecule has 15 heavy (non-hydrogen) atoms. The van der Waals surface area contributed by atoms with Crippen LogP contribution < -0.4 is 5.32 Å². The second-order valence-electron chi connectivity index (χ2n) is 4.53. The molecule has 0 saturated heterocycles. The van der Waals surface area contributed by atoms with Gasteiger partial charge in [-0.3, -0.25) is 4.98 Å². The number of nitrogens with one attached hydrogen (secondary N) is 1. The molecular formula is C13H20N2. The van der Waals surface area contributed by atoms with Gasteiger partial charge in [0.15, 0.2) is 0 Å². The van der Waals surface area contributed by atoms with Crippen molar-refractivity contribution in [1.82, 2.24) is 10.3 Å². The minimum absolute atomic E-state index is 0.489. The highest BCUT2D eigenvalue weighted by Gasteiger charge is 2.29.